The van der Waals surface area contributed by atoms with Crippen LogP contribution < -0.4 is 29.4 Å². The number of hydrogen-bond donors (Lipinski definition) is 0. The standard InChI is InChI=1S/C39H30N2.2C37H30N2/c1-40(39-37-18-10-8-14-31(37)28-32-15-9-11-19-38(32)39)33-24-26-36(27-25-33)41(34-16-6-3-7-17-34)35-22-20-30(21-23-35)29-12-4-2-5-13-29;1-38(37-19-11-16-32(28-37)30-14-7-3-8-15-30)33-24-26-36(27-25-33)39(34-17-9-4-10-18-34)35-22-20-31(21-23-35)29-12-5-2-6-13-29;1-38(33-21-17-31(18-22-33)29-11-5-2-6-12-29)34-25-27-37(28-26-34)39(35-15-9-4-10-16-35)36-23-19-32(20-24-36)30-13-7-3-8-14-30/h2-28H,1H3;2*2-28H,1H3. The smallest absolute Gasteiger partial charge is 0.0567 e. The van der Waals surface area contributed by atoms with Gasteiger partial charge in [0, 0.05) is 112 Å². The van der Waals surface area contributed by atoms with Crippen molar-refractivity contribution in [1.82, 2.24) is 0 Å². The zero-order valence-electron chi connectivity index (χ0n) is 66.9. The minimum absolute atomic E-state index is 1.11. The summed E-state index contributed by atoms with van der Waals surface area (Å²) >= 11 is 0. The third-order valence-corrected chi connectivity index (χ3v) is 22.0. The molecule has 0 spiro atoms. The number of anilines is 15. The van der Waals surface area contributed by atoms with Gasteiger partial charge in [-0.1, -0.05) is 315 Å². The van der Waals surface area contributed by atoms with Gasteiger partial charge >= 0.3 is 0 Å². The molecule has 0 saturated heterocycles. The Kier molecular flexibility index (Phi) is 23.2. The van der Waals surface area contributed by atoms with Gasteiger partial charge in [-0.25, -0.2) is 0 Å². The maximum absolute atomic E-state index is 2.32. The molecular formula is C113H90N6. The van der Waals surface area contributed by atoms with E-state index in [9.17, 15) is 0 Å². The Morgan fingerprint density at radius 2 is 0.311 bits per heavy atom. The lowest BCUT2D eigenvalue weighted by Crippen LogP contribution is -2.12. The van der Waals surface area contributed by atoms with Gasteiger partial charge in [-0.05, 0) is 242 Å². The fourth-order valence-corrected chi connectivity index (χ4v) is 15.7. The van der Waals surface area contributed by atoms with Gasteiger partial charge in [0.2, 0.25) is 0 Å². The van der Waals surface area contributed by atoms with Crippen LogP contribution in [0.4, 0.5) is 85.3 Å². The van der Waals surface area contributed by atoms with E-state index in [2.05, 4.69) is 536 Å². The molecule has 0 aliphatic carbocycles. The van der Waals surface area contributed by atoms with Crippen molar-refractivity contribution in [3.63, 3.8) is 0 Å². The molecule has 0 aliphatic heterocycles. The van der Waals surface area contributed by atoms with Crippen LogP contribution in [0.5, 0.6) is 0 Å². The van der Waals surface area contributed by atoms with Crippen LogP contribution in [-0.2, 0) is 0 Å². The molecule has 0 aliphatic rings. The fraction of sp³-hybridized carbons (Fsp3) is 0.0265. The molecule has 19 rings (SSSR count). The Morgan fingerprint density at radius 3 is 0.605 bits per heavy atom. The van der Waals surface area contributed by atoms with Gasteiger partial charge < -0.3 is 29.4 Å². The first kappa shape index (κ1) is 76.1. The summed E-state index contributed by atoms with van der Waals surface area (Å²) in [5.74, 6) is 0. The van der Waals surface area contributed by atoms with Crippen molar-refractivity contribution in [3.05, 3.63) is 491 Å². The maximum Gasteiger partial charge on any atom is 0.0567 e. The lowest BCUT2D eigenvalue weighted by Gasteiger charge is -2.27. The van der Waals surface area contributed by atoms with Crippen LogP contribution in [0.3, 0.4) is 0 Å². The van der Waals surface area contributed by atoms with E-state index in [1.54, 1.807) is 0 Å². The summed E-state index contributed by atoms with van der Waals surface area (Å²) in [6, 6.07) is 174. The predicted octanol–water partition coefficient (Wildman–Crippen LogP) is 31.4. The molecule has 0 saturated carbocycles. The summed E-state index contributed by atoms with van der Waals surface area (Å²) in [5.41, 5.74) is 29.2. The first-order valence-electron chi connectivity index (χ1n) is 40.5. The molecule has 0 aromatic heterocycles. The van der Waals surface area contributed by atoms with Crippen molar-refractivity contribution in [2.75, 3.05) is 50.5 Å². The first-order chi connectivity index (χ1) is 58.8. The second-order valence-electron chi connectivity index (χ2n) is 29.5. The number of hydrogen-bond acceptors (Lipinski definition) is 6. The zero-order valence-corrected chi connectivity index (χ0v) is 66.9. The molecule has 0 heterocycles. The van der Waals surface area contributed by atoms with Crippen LogP contribution in [0.1, 0.15) is 0 Å². The van der Waals surface area contributed by atoms with Crippen molar-refractivity contribution >= 4 is 107 Å². The quantitative estimate of drug-likeness (QED) is 0.0704. The van der Waals surface area contributed by atoms with Crippen molar-refractivity contribution in [2.24, 2.45) is 0 Å². The van der Waals surface area contributed by atoms with Crippen molar-refractivity contribution < 1.29 is 0 Å². The summed E-state index contributed by atoms with van der Waals surface area (Å²) in [4.78, 5) is 13.7. The van der Waals surface area contributed by atoms with E-state index in [0.717, 1.165) is 79.6 Å². The van der Waals surface area contributed by atoms with Crippen molar-refractivity contribution in [1.29, 1.82) is 0 Å². The molecule has 119 heavy (non-hydrogen) atoms. The van der Waals surface area contributed by atoms with Crippen LogP contribution >= 0.6 is 0 Å². The Morgan fingerprint density at radius 1 is 0.126 bits per heavy atom. The van der Waals surface area contributed by atoms with E-state index in [1.807, 2.05) is 6.07 Å². The minimum Gasteiger partial charge on any atom is -0.345 e. The van der Waals surface area contributed by atoms with Gasteiger partial charge in [0.15, 0.2) is 0 Å². The van der Waals surface area contributed by atoms with Crippen LogP contribution in [0.25, 0.3) is 77.2 Å². The highest BCUT2D eigenvalue weighted by Gasteiger charge is 2.20. The van der Waals surface area contributed by atoms with Crippen molar-refractivity contribution in [3.8, 4) is 55.6 Å². The van der Waals surface area contributed by atoms with E-state index >= 15 is 0 Å². The molecule has 0 atom stereocenters. The molecular weight excluding hydrogens is 1440 g/mol. The molecule has 6 nitrogen and oxygen atoms in total. The van der Waals surface area contributed by atoms with Gasteiger partial charge in [0.05, 0.1) is 5.69 Å². The number of nitrogens with zero attached hydrogens (tertiary/aromatic N) is 6. The number of rotatable bonds is 20. The summed E-state index contributed by atoms with van der Waals surface area (Å²) in [7, 11) is 6.40. The summed E-state index contributed by atoms with van der Waals surface area (Å²) < 4.78 is 0. The highest BCUT2D eigenvalue weighted by Crippen LogP contribution is 2.44. The molecule has 19 aromatic carbocycles. The van der Waals surface area contributed by atoms with Crippen LogP contribution in [-0.4, -0.2) is 21.1 Å². The van der Waals surface area contributed by atoms with E-state index in [-0.39, 0.29) is 0 Å². The molecule has 0 N–H and O–H groups in total. The van der Waals surface area contributed by atoms with E-state index in [1.165, 1.54) is 82.9 Å². The Balaban J connectivity index is 0.000000128. The molecule has 6 heteroatoms. The van der Waals surface area contributed by atoms with E-state index < -0.39 is 0 Å². The number of fused-ring (bicyclic) bond motifs is 2. The second-order valence-corrected chi connectivity index (χ2v) is 29.5. The van der Waals surface area contributed by atoms with Gasteiger partial charge in [-0.15, -0.1) is 0 Å². The average Bonchev–Trinajstić information content (AvgIpc) is 0.759. The summed E-state index contributed by atoms with van der Waals surface area (Å²) in [6.07, 6.45) is 0. The normalized spacial score (nSPS) is 10.8. The lowest BCUT2D eigenvalue weighted by atomic mass is 10.00. The maximum atomic E-state index is 2.32. The first-order valence-corrected chi connectivity index (χ1v) is 40.5. The third-order valence-electron chi connectivity index (χ3n) is 22.0. The number of para-hydroxylation sites is 3. The molecule has 19 aromatic rings. The van der Waals surface area contributed by atoms with Crippen LogP contribution in [0.15, 0.2) is 491 Å². The number of benzene rings is 19. The SMILES string of the molecule is CN(c1ccc(-c2ccccc2)cc1)c1ccc(N(c2ccccc2)c2ccc(-c3ccccc3)cc2)cc1.CN(c1ccc(N(c2ccccc2)c2ccc(-c3ccccc3)cc2)cc1)c1c2ccccc2cc2ccccc12.CN(c1ccc(N(c2ccccc2)c2ccc(-c3ccccc3)cc2)cc1)c1cccc(-c2ccccc2)c1. The minimum atomic E-state index is 1.11. The zero-order chi connectivity index (χ0) is 80.5. The van der Waals surface area contributed by atoms with Gasteiger partial charge in [0.1, 0.15) is 0 Å². The fourth-order valence-electron chi connectivity index (χ4n) is 15.7. The molecule has 0 fully saturated rings. The monoisotopic (exact) mass is 1530 g/mol. The van der Waals surface area contributed by atoms with Gasteiger partial charge in [-0.3, -0.25) is 0 Å². The second kappa shape index (κ2) is 36.3. The largest absolute Gasteiger partial charge is 0.345 e. The predicted molar refractivity (Wildman–Crippen MR) is 509 cm³/mol. The topological polar surface area (TPSA) is 19.4 Å². The molecule has 0 amide bonds. The highest BCUT2D eigenvalue weighted by molar-refractivity contribution is 6.12. The van der Waals surface area contributed by atoms with Crippen LogP contribution in [0.2, 0.25) is 0 Å². The third kappa shape index (κ3) is 17.6. The summed E-state index contributed by atoms with van der Waals surface area (Å²) in [6.45, 7) is 0. The van der Waals surface area contributed by atoms with Crippen molar-refractivity contribution in [2.45, 2.75) is 0 Å². The van der Waals surface area contributed by atoms with Gasteiger partial charge in [0.25, 0.3) is 0 Å². The Labute approximate surface area is 699 Å². The average molecular weight is 1530 g/mol. The summed E-state index contributed by atoms with van der Waals surface area (Å²) in [5, 5.41) is 5.00. The molecule has 572 valence electrons. The Hall–Kier alpha value is -15.5. The van der Waals surface area contributed by atoms with E-state index in [0.29, 0.717) is 0 Å². The van der Waals surface area contributed by atoms with E-state index in [4.69, 9.17) is 0 Å². The molecule has 0 unspecified atom stereocenters. The lowest BCUT2D eigenvalue weighted by molar-refractivity contribution is 1.20. The Bertz CT molecular complexity index is 6380. The molecule has 0 radical (unpaired) electrons. The highest BCUT2D eigenvalue weighted by atomic mass is 15.2. The molecule has 0 bridgehead atoms. The van der Waals surface area contributed by atoms with Crippen LogP contribution in [0, 0.1) is 0 Å². The van der Waals surface area contributed by atoms with Gasteiger partial charge in [-0.2, -0.15) is 0 Å².